The largest absolute Gasteiger partial charge is 0.489 e. The Morgan fingerprint density at radius 2 is 1.66 bits per heavy atom. The van der Waals surface area contributed by atoms with Crippen molar-refractivity contribution in [1.82, 2.24) is 9.73 Å². The topological polar surface area (TPSA) is 88.1 Å². The number of nitrogens with zero attached hydrogens (tertiary/aromatic N) is 2. The van der Waals surface area contributed by atoms with Crippen LogP contribution in [0.1, 0.15) is 11.1 Å². The van der Waals surface area contributed by atoms with E-state index < -0.39 is 15.9 Å². The van der Waals surface area contributed by atoms with Gasteiger partial charge in [-0.25, -0.2) is 13.8 Å². The van der Waals surface area contributed by atoms with Crippen molar-refractivity contribution in [3.63, 3.8) is 0 Å². The molecule has 0 aromatic heterocycles. The Morgan fingerprint density at radius 1 is 0.914 bits per heavy atom. The number of nitrogens with one attached hydrogen (secondary N) is 1. The molecule has 0 heterocycles. The Kier molecular flexibility index (Phi) is 7.54. The maximum absolute atomic E-state index is 12.9. The van der Waals surface area contributed by atoms with Crippen molar-refractivity contribution < 1.29 is 17.9 Å². The Labute approximate surface area is 204 Å². The predicted molar refractivity (Wildman–Crippen MR) is 137 cm³/mol. The van der Waals surface area contributed by atoms with Crippen LogP contribution in [-0.4, -0.2) is 38.4 Å². The van der Waals surface area contributed by atoms with E-state index >= 15 is 0 Å². The second kappa shape index (κ2) is 10.9. The summed E-state index contributed by atoms with van der Waals surface area (Å²) < 4.78 is 32.6. The van der Waals surface area contributed by atoms with Gasteiger partial charge >= 0.3 is 0 Å². The first-order valence-electron chi connectivity index (χ1n) is 11.0. The Balaban J connectivity index is 1.33. The number of benzene rings is 4. The molecule has 0 saturated heterocycles. The molecule has 0 unspecified atom stereocenters. The molecule has 8 heteroatoms. The molecule has 4 aromatic carbocycles. The Morgan fingerprint density at radius 3 is 2.46 bits per heavy atom. The number of amides is 1. The molecule has 0 radical (unpaired) electrons. The molecule has 4 rings (SSSR count). The van der Waals surface area contributed by atoms with Crippen LogP contribution in [0.15, 0.2) is 107 Å². The lowest BCUT2D eigenvalue weighted by Crippen LogP contribution is -2.36. The van der Waals surface area contributed by atoms with Crippen molar-refractivity contribution in [2.45, 2.75) is 11.5 Å². The summed E-state index contributed by atoms with van der Waals surface area (Å²) in [5.74, 6) is 0.120. The van der Waals surface area contributed by atoms with Gasteiger partial charge in [-0.05, 0) is 46.2 Å². The molecule has 4 aromatic rings. The number of hydrogen-bond acceptors (Lipinski definition) is 5. The summed E-state index contributed by atoms with van der Waals surface area (Å²) in [7, 11) is -2.47. The fraction of sp³-hybridized carbons (Fsp3) is 0.111. The molecule has 0 atom stereocenters. The van der Waals surface area contributed by atoms with Crippen LogP contribution in [0.5, 0.6) is 5.75 Å². The molecule has 0 aliphatic rings. The van der Waals surface area contributed by atoms with Crippen LogP contribution < -0.4 is 10.2 Å². The minimum absolute atomic E-state index is 0.127. The number of rotatable bonds is 9. The minimum Gasteiger partial charge on any atom is -0.489 e. The van der Waals surface area contributed by atoms with Gasteiger partial charge in [0.05, 0.1) is 17.7 Å². The van der Waals surface area contributed by atoms with Gasteiger partial charge < -0.3 is 4.74 Å². The van der Waals surface area contributed by atoms with E-state index in [1.54, 1.807) is 18.2 Å². The van der Waals surface area contributed by atoms with E-state index in [9.17, 15) is 13.2 Å². The zero-order valence-electron chi connectivity index (χ0n) is 19.2. The van der Waals surface area contributed by atoms with E-state index in [0.717, 1.165) is 26.2 Å². The molecule has 1 amide bonds. The number of hydrazone groups is 1. The maximum atomic E-state index is 12.9. The third-order valence-electron chi connectivity index (χ3n) is 5.30. The number of carbonyl (C=O) groups excluding carboxylic acids is 1. The minimum atomic E-state index is -3.83. The highest BCUT2D eigenvalue weighted by molar-refractivity contribution is 7.89. The fourth-order valence-electron chi connectivity index (χ4n) is 3.43. The third-order valence-corrected chi connectivity index (χ3v) is 7.10. The normalized spacial score (nSPS) is 11.7. The van der Waals surface area contributed by atoms with Gasteiger partial charge in [0.1, 0.15) is 12.4 Å². The zero-order valence-corrected chi connectivity index (χ0v) is 20.0. The molecule has 0 bridgehead atoms. The molecular formula is C27H25N3O4S. The first kappa shape index (κ1) is 24.1. The average molecular weight is 488 g/mol. The first-order chi connectivity index (χ1) is 16.9. The maximum Gasteiger partial charge on any atom is 0.255 e. The highest BCUT2D eigenvalue weighted by Crippen LogP contribution is 2.21. The van der Waals surface area contributed by atoms with E-state index in [4.69, 9.17) is 4.74 Å². The monoisotopic (exact) mass is 487 g/mol. The molecule has 0 aliphatic heterocycles. The highest BCUT2D eigenvalue weighted by Gasteiger charge is 2.23. The van der Waals surface area contributed by atoms with Crippen molar-refractivity contribution in [2.75, 3.05) is 13.6 Å². The number of fused-ring (bicyclic) bond motifs is 1. The van der Waals surface area contributed by atoms with Gasteiger partial charge in [-0.2, -0.15) is 9.41 Å². The van der Waals surface area contributed by atoms with Gasteiger partial charge in [0, 0.05) is 7.05 Å². The number of sulfonamides is 1. The van der Waals surface area contributed by atoms with Gasteiger partial charge in [-0.15, -0.1) is 0 Å². The fourth-order valence-corrected chi connectivity index (χ4v) is 4.60. The van der Waals surface area contributed by atoms with Crippen molar-refractivity contribution in [2.24, 2.45) is 5.10 Å². The summed E-state index contributed by atoms with van der Waals surface area (Å²) in [6.45, 7) is 0.0723. The molecule has 0 fully saturated rings. The summed E-state index contributed by atoms with van der Waals surface area (Å²) >= 11 is 0. The van der Waals surface area contributed by atoms with Crippen LogP contribution in [0, 0.1) is 0 Å². The lowest BCUT2D eigenvalue weighted by molar-refractivity contribution is -0.121. The smallest absolute Gasteiger partial charge is 0.255 e. The second-order valence-corrected chi connectivity index (χ2v) is 9.95. The molecule has 35 heavy (non-hydrogen) atoms. The number of carbonyl (C=O) groups is 1. The Hall–Kier alpha value is -4.01. The summed E-state index contributed by atoms with van der Waals surface area (Å²) in [4.78, 5) is 12.4. The van der Waals surface area contributed by atoms with Crippen LogP contribution in [0.2, 0.25) is 0 Å². The van der Waals surface area contributed by atoms with Gasteiger partial charge in [0.25, 0.3) is 5.91 Å². The van der Waals surface area contributed by atoms with Crippen LogP contribution in [0.25, 0.3) is 10.8 Å². The number of ether oxygens (including phenoxy) is 1. The lowest BCUT2D eigenvalue weighted by atomic mass is 10.1. The van der Waals surface area contributed by atoms with Crippen molar-refractivity contribution >= 4 is 32.9 Å². The second-order valence-electron chi connectivity index (χ2n) is 7.91. The molecular weight excluding hydrogens is 462 g/mol. The molecule has 7 nitrogen and oxygen atoms in total. The van der Waals surface area contributed by atoms with E-state index in [-0.39, 0.29) is 11.4 Å². The SMILES string of the molecule is CN(CC(=O)N/N=C\c1cccc(OCc2ccccc2)c1)S(=O)(=O)c1ccc2ccccc2c1. The average Bonchev–Trinajstić information content (AvgIpc) is 2.88. The summed E-state index contributed by atoms with van der Waals surface area (Å²) in [6, 6.07) is 29.5. The number of hydrogen-bond donors (Lipinski definition) is 1. The summed E-state index contributed by atoms with van der Waals surface area (Å²) in [5.41, 5.74) is 4.16. The van der Waals surface area contributed by atoms with Crippen molar-refractivity contribution in [3.8, 4) is 5.75 Å². The van der Waals surface area contributed by atoms with Gasteiger partial charge in [-0.3, -0.25) is 4.79 Å². The zero-order chi connectivity index (χ0) is 24.7. The molecule has 0 saturated carbocycles. The number of likely N-dealkylation sites (N-methyl/N-ethyl adjacent to an activating group) is 1. The van der Waals surface area contributed by atoms with Crippen molar-refractivity contribution in [1.29, 1.82) is 0 Å². The third kappa shape index (κ3) is 6.32. The Bertz CT molecular complexity index is 1450. The van der Waals surface area contributed by atoms with Crippen LogP contribution in [0.4, 0.5) is 0 Å². The first-order valence-corrected chi connectivity index (χ1v) is 12.4. The van der Waals surface area contributed by atoms with Crippen molar-refractivity contribution in [3.05, 3.63) is 108 Å². The predicted octanol–water partition coefficient (Wildman–Crippen LogP) is 4.19. The molecule has 178 valence electrons. The van der Waals surface area contributed by atoms with Gasteiger partial charge in [0.15, 0.2) is 0 Å². The quantitative estimate of drug-likeness (QED) is 0.283. The van der Waals surface area contributed by atoms with Gasteiger partial charge in [0.2, 0.25) is 10.0 Å². The lowest BCUT2D eigenvalue weighted by Gasteiger charge is -2.16. The van der Waals surface area contributed by atoms with E-state index in [2.05, 4.69) is 10.5 Å². The van der Waals surface area contributed by atoms with Crippen LogP contribution in [0.3, 0.4) is 0 Å². The van der Waals surface area contributed by atoms with E-state index in [1.165, 1.54) is 19.3 Å². The molecule has 1 N–H and O–H groups in total. The molecule has 0 spiro atoms. The standard InChI is InChI=1S/C27H25N3O4S/c1-30(35(32,33)26-15-14-23-11-5-6-12-24(23)17-26)19-27(31)29-28-18-22-10-7-13-25(16-22)34-20-21-8-3-2-4-9-21/h2-18H,19-20H2,1H3,(H,29,31)/b28-18-. The van der Waals surface area contributed by atoms with E-state index in [1.807, 2.05) is 72.8 Å². The van der Waals surface area contributed by atoms with E-state index in [0.29, 0.717) is 12.4 Å². The summed E-state index contributed by atoms with van der Waals surface area (Å²) in [6.07, 6.45) is 1.48. The summed E-state index contributed by atoms with van der Waals surface area (Å²) in [5, 5.41) is 5.70. The van der Waals surface area contributed by atoms with Crippen LogP contribution >= 0.6 is 0 Å². The van der Waals surface area contributed by atoms with Crippen LogP contribution in [-0.2, 0) is 21.4 Å². The highest BCUT2D eigenvalue weighted by atomic mass is 32.2. The van der Waals surface area contributed by atoms with Gasteiger partial charge in [-0.1, -0.05) is 72.8 Å². The molecule has 0 aliphatic carbocycles.